The summed E-state index contributed by atoms with van der Waals surface area (Å²) in [6.07, 6.45) is 1.16. The second kappa shape index (κ2) is 3.72. The van der Waals surface area contributed by atoms with Gasteiger partial charge in [0.25, 0.3) is 0 Å². The second-order valence-corrected chi connectivity index (χ2v) is 7.92. The summed E-state index contributed by atoms with van der Waals surface area (Å²) in [5.74, 6) is 4.76. The third kappa shape index (κ3) is 4.54. The fourth-order valence-corrected chi connectivity index (χ4v) is 1.84. The van der Waals surface area contributed by atoms with E-state index < -0.39 is 14.3 Å². The number of hydrogen-bond donors (Lipinski definition) is 0. The van der Waals surface area contributed by atoms with E-state index in [-0.39, 0.29) is 0 Å². The van der Waals surface area contributed by atoms with Crippen LogP contribution in [0.4, 0.5) is 0 Å². The fraction of sp³-hybridized carbons (Fsp3) is 0.800. The number of hydrogen-bond acceptors (Lipinski definition) is 0. The molecule has 0 aromatic heterocycles. The monoisotopic (exact) mass is 146 g/mol. The Morgan fingerprint density at radius 1 is 1.50 bits per heavy atom. The van der Waals surface area contributed by atoms with Crippen molar-refractivity contribution in [3.05, 3.63) is 6.92 Å². The van der Waals surface area contributed by atoms with Crippen molar-refractivity contribution in [2.75, 3.05) is 0 Å². The molecule has 0 amide bonds. The minimum absolute atomic E-state index is 0.447. The maximum absolute atomic E-state index is 3.77. The first kappa shape index (κ1) is 6.54. The van der Waals surface area contributed by atoms with Gasteiger partial charge < -0.3 is 0 Å². The van der Waals surface area contributed by atoms with Crippen molar-refractivity contribution in [3.63, 3.8) is 0 Å². The molecule has 0 atom stereocenters. The van der Waals surface area contributed by atoms with Gasteiger partial charge in [-0.1, -0.05) is 0 Å². The van der Waals surface area contributed by atoms with E-state index in [2.05, 4.69) is 18.4 Å². The Morgan fingerprint density at radius 2 is 2.00 bits per heavy atom. The fourth-order valence-electron chi connectivity index (χ4n) is 0.354. The molecule has 0 rings (SSSR count). The normalized spacial score (nSPS) is 10.0. The van der Waals surface area contributed by atoms with Crippen LogP contribution in [0.2, 0.25) is 16.8 Å². The van der Waals surface area contributed by atoms with Gasteiger partial charge in [-0.3, -0.25) is 0 Å². The first-order valence-corrected chi connectivity index (χ1v) is 8.03. The third-order valence-corrected chi connectivity index (χ3v) is 3.52. The van der Waals surface area contributed by atoms with Crippen molar-refractivity contribution < 1.29 is 0 Å². The molecule has 0 saturated heterocycles. The molecule has 6 heavy (non-hydrogen) atoms. The van der Waals surface area contributed by atoms with Crippen LogP contribution in [0.3, 0.4) is 0 Å². The van der Waals surface area contributed by atoms with Crippen LogP contribution in [0.5, 0.6) is 0 Å². The van der Waals surface area contributed by atoms with Crippen molar-refractivity contribution in [3.8, 4) is 0 Å². The van der Waals surface area contributed by atoms with Crippen LogP contribution in [0, 0.1) is 6.92 Å². The topological polar surface area (TPSA) is 0 Å². The Kier molecular flexibility index (Phi) is 4.06. The Hall–Kier alpha value is 0.543. The summed E-state index contributed by atoms with van der Waals surface area (Å²) in [5.41, 5.74) is 0. The molecule has 0 aliphatic carbocycles. The molecule has 0 nitrogen and oxygen atoms in total. The van der Waals surface area contributed by atoms with Gasteiger partial charge >= 0.3 is 44.5 Å². The summed E-state index contributed by atoms with van der Waals surface area (Å²) >= 11 is -0.447. The molecule has 0 bridgehead atoms. The standard InChI is InChI=1S/C5H12Ge/c1-4-5-6(2)3/h1,4-5H2,2-3H3. The summed E-state index contributed by atoms with van der Waals surface area (Å²) in [7, 11) is 0. The van der Waals surface area contributed by atoms with Crippen molar-refractivity contribution in [2.24, 2.45) is 0 Å². The molecular formula is C5H12Ge. The Bertz CT molecular complexity index is 25.1. The molecule has 0 aliphatic heterocycles. The zero-order chi connectivity index (χ0) is 4.99. The van der Waals surface area contributed by atoms with E-state index in [0.29, 0.717) is 0 Å². The molecule has 0 aliphatic rings. The SMILES string of the molecule is [CH2]C[CH2][Ge]([CH3])[CH3]. The van der Waals surface area contributed by atoms with E-state index in [1.165, 1.54) is 5.25 Å². The third-order valence-electron chi connectivity index (χ3n) is 0.677. The van der Waals surface area contributed by atoms with Gasteiger partial charge in [-0.25, -0.2) is 0 Å². The van der Waals surface area contributed by atoms with Gasteiger partial charge in [-0.2, -0.15) is 0 Å². The molecule has 0 saturated carbocycles. The van der Waals surface area contributed by atoms with Crippen LogP contribution in [-0.4, -0.2) is 14.3 Å². The molecule has 36 valence electrons. The van der Waals surface area contributed by atoms with Gasteiger partial charge in [0.1, 0.15) is 0 Å². The average Bonchev–Trinajstić information content (AvgIpc) is 1.35. The Labute approximate surface area is 45.0 Å². The van der Waals surface area contributed by atoms with Crippen LogP contribution in [0.25, 0.3) is 0 Å². The van der Waals surface area contributed by atoms with Gasteiger partial charge in [-0.05, 0) is 0 Å². The molecule has 0 N–H and O–H groups in total. The molecule has 0 unspecified atom stereocenters. The van der Waals surface area contributed by atoms with Crippen LogP contribution in [-0.2, 0) is 0 Å². The van der Waals surface area contributed by atoms with Crippen LogP contribution in [0.1, 0.15) is 6.42 Å². The van der Waals surface area contributed by atoms with Crippen LogP contribution in [0.15, 0.2) is 0 Å². The predicted molar refractivity (Wildman–Crippen MR) is 32.3 cm³/mol. The van der Waals surface area contributed by atoms with Crippen molar-refractivity contribution in [2.45, 2.75) is 23.2 Å². The molecular weight excluding hydrogens is 133 g/mol. The van der Waals surface area contributed by atoms with Crippen molar-refractivity contribution in [1.29, 1.82) is 0 Å². The van der Waals surface area contributed by atoms with E-state index >= 15 is 0 Å². The quantitative estimate of drug-likeness (QED) is 0.520. The van der Waals surface area contributed by atoms with Crippen LogP contribution < -0.4 is 0 Å². The van der Waals surface area contributed by atoms with E-state index in [1.54, 1.807) is 0 Å². The first-order chi connectivity index (χ1) is 2.77. The van der Waals surface area contributed by atoms with Crippen molar-refractivity contribution >= 4 is 14.3 Å². The van der Waals surface area contributed by atoms with Crippen molar-refractivity contribution in [1.82, 2.24) is 0 Å². The summed E-state index contributed by atoms with van der Waals surface area (Å²) in [6, 6.07) is 0. The van der Waals surface area contributed by atoms with Gasteiger partial charge in [0.15, 0.2) is 0 Å². The summed E-state index contributed by atoms with van der Waals surface area (Å²) in [5, 5.41) is 1.43. The van der Waals surface area contributed by atoms with E-state index in [4.69, 9.17) is 0 Å². The minimum atomic E-state index is -0.447. The molecule has 0 fully saturated rings. The zero-order valence-corrected chi connectivity index (χ0v) is 6.72. The summed E-state index contributed by atoms with van der Waals surface area (Å²) in [4.78, 5) is 0. The molecule has 0 heterocycles. The second-order valence-electron chi connectivity index (χ2n) is 1.81. The van der Waals surface area contributed by atoms with Gasteiger partial charge in [0.2, 0.25) is 0 Å². The first-order valence-electron chi connectivity index (χ1n) is 2.35. The van der Waals surface area contributed by atoms with Gasteiger partial charge in [0, 0.05) is 0 Å². The molecule has 1 heteroatoms. The molecule has 2 radical (unpaired) electrons. The summed E-state index contributed by atoms with van der Waals surface area (Å²) < 4.78 is 0. The Balaban J connectivity index is 2.63. The van der Waals surface area contributed by atoms with Crippen LogP contribution >= 0.6 is 0 Å². The summed E-state index contributed by atoms with van der Waals surface area (Å²) in [6.45, 7) is 3.77. The van der Waals surface area contributed by atoms with E-state index in [0.717, 1.165) is 6.42 Å². The predicted octanol–water partition coefficient (Wildman–Crippen LogP) is 1.96. The average molecular weight is 145 g/mol. The maximum atomic E-state index is 3.77. The van der Waals surface area contributed by atoms with Gasteiger partial charge in [-0.15, -0.1) is 0 Å². The number of rotatable bonds is 2. The molecule has 0 spiro atoms. The van der Waals surface area contributed by atoms with E-state index in [1.807, 2.05) is 0 Å². The van der Waals surface area contributed by atoms with Gasteiger partial charge in [0.05, 0.1) is 0 Å². The molecule has 0 aromatic carbocycles. The molecule has 0 aromatic rings. The zero-order valence-electron chi connectivity index (χ0n) is 4.62. The van der Waals surface area contributed by atoms with E-state index in [9.17, 15) is 0 Å². The Morgan fingerprint density at radius 3 is 2.00 bits per heavy atom.